The summed E-state index contributed by atoms with van der Waals surface area (Å²) in [5.41, 5.74) is 1.77. The van der Waals surface area contributed by atoms with Crippen molar-refractivity contribution in [3.63, 3.8) is 0 Å². The van der Waals surface area contributed by atoms with E-state index in [-0.39, 0.29) is 44.9 Å². The second kappa shape index (κ2) is 13.2. The molecule has 258 valence electrons. The van der Waals surface area contributed by atoms with Gasteiger partial charge in [0.05, 0.1) is 24.0 Å². The van der Waals surface area contributed by atoms with Crippen molar-refractivity contribution in [1.82, 2.24) is 0 Å². The second-order valence-corrected chi connectivity index (χ2v) is 12.3. The van der Waals surface area contributed by atoms with E-state index in [0.717, 1.165) is 0 Å². The Morgan fingerprint density at radius 3 is 1.27 bits per heavy atom. The van der Waals surface area contributed by atoms with Crippen molar-refractivity contribution in [2.24, 2.45) is 0 Å². The van der Waals surface area contributed by atoms with Gasteiger partial charge in [-0.1, -0.05) is 24.3 Å². The summed E-state index contributed by atoms with van der Waals surface area (Å²) in [6.07, 6.45) is -15.4. The molecule has 0 radical (unpaired) electrons. The maximum atomic E-state index is 11.7. The monoisotopic (exact) mass is 670 g/mol. The second-order valence-electron chi connectivity index (χ2n) is 12.3. The molecule has 10 N–H and O–H groups in total. The third-order valence-corrected chi connectivity index (χ3v) is 8.87. The normalized spacial score (nSPS) is 30.9. The van der Waals surface area contributed by atoms with Crippen LogP contribution in [0.5, 0.6) is 23.0 Å². The van der Waals surface area contributed by atoms with Crippen molar-refractivity contribution < 1.29 is 70.0 Å². The molecule has 6 rings (SSSR count). The van der Waals surface area contributed by atoms with Crippen molar-refractivity contribution in [2.45, 2.75) is 75.3 Å². The van der Waals surface area contributed by atoms with Crippen LogP contribution in [-0.4, -0.2) is 126 Å². The van der Waals surface area contributed by atoms with E-state index in [9.17, 15) is 51.1 Å². The van der Waals surface area contributed by atoms with E-state index in [1.165, 1.54) is 0 Å². The molecule has 0 unspecified atom stereocenters. The number of aryl methyl sites for hydroxylation is 2. The Morgan fingerprint density at radius 2 is 0.917 bits per heavy atom. The van der Waals surface area contributed by atoms with Crippen LogP contribution in [0.15, 0.2) is 48.5 Å². The molecule has 48 heavy (non-hydrogen) atoms. The summed E-state index contributed by atoms with van der Waals surface area (Å²) in [7, 11) is 0. The zero-order chi connectivity index (χ0) is 34.6. The molecule has 14 nitrogen and oxygen atoms in total. The van der Waals surface area contributed by atoms with E-state index in [1.807, 2.05) is 0 Å². The Bertz CT molecular complexity index is 1680. The molecular weight excluding hydrogens is 632 g/mol. The Labute approximate surface area is 273 Å². The number of phenols is 2. The third-order valence-electron chi connectivity index (χ3n) is 8.87. The minimum Gasteiger partial charge on any atom is -0.507 e. The van der Waals surface area contributed by atoms with Crippen molar-refractivity contribution >= 4 is 21.5 Å². The molecule has 0 amide bonds. The van der Waals surface area contributed by atoms with Crippen molar-refractivity contribution in [3.8, 4) is 34.1 Å². The fraction of sp³-hybridized carbons (Fsp3) is 0.412. The summed E-state index contributed by atoms with van der Waals surface area (Å²) in [5, 5.41) is 106. The molecule has 2 aliphatic heterocycles. The van der Waals surface area contributed by atoms with Crippen molar-refractivity contribution in [2.75, 3.05) is 13.2 Å². The highest BCUT2D eigenvalue weighted by atomic mass is 16.7. The van der Waals surface area contributed by atoms with Crippen LogP contribution in [0.1, 0.15) is 11.1 Å². The number of fused-ring (bicyclic) bond motifs is 2. The molecule has 2 saturated heterocycles. The fourth-order valence-electron chi connectivity index (χ4n) is 6.30. The Kier molecular flexibility index (Phi) is 9.41. The molecule has 2 fully saturated rings. The van der Waals surface area contributed by atoms with Crippen LogP contribution >= 0.6 is 0 Å². The first-order valence-electron chi connectivity index (χ1n) is 15.3. The molecule has 0 bridgehead atoms. The lowest BCUT2D eigenvalue weighted by atomic mass is 9.94. The van der Waals surface area contributed by atoms with E-state index in [1.54, 1.807) is 62.4 Å². The summed E-state index contributed by atoms with van der Waals surface area (Å²) < 4.78 is 23.0. The van der Waals surface area contributed by atoms with Gasteiger partial charge < -0.3 is 70.0 Å². The van der Waals surface area contributed by atoms with Gasteiger partial charge in [0.2, 0.25) is 12.6 Å². The largest absolute Gasteiger partial charge is 0.507 e. The number of phenolic OH excluding ortho intramolecular Hbond substituents is 2. The molecule has 2 heterocycles. The standard InChI is InChI=1S/C34H38O14/c1-13-7-15-3-5-17(25(37)23(15)19(9-13)45-33-31(43)29(41)27(39)21(11-35)47-33)18-6-4-16-8-14(2)10-20(24(16)26(18)38)46-34-32(44)30(42)28(40)22(12-36)48-34/h3-10,21-22,27-44H,11-12H2,1-2H3/t21-,22-,27-,28-,29+,30+,31-,32-,33-,34-/m1/s1. The summed E-state index contributed by atoms with van der Waals surface area (Å²) in [4.78, 5) is 0. The average molecular weight is 671 g/mol. The number of hydrogen-bond donors (Lipinski definition) is 10. The predicted octanol–water partition coefficient (Wildman–Crippen LogP) is 0.0454. The zero-order valence-electron chi connectivity index (χ0n) is 25.9. The summed E-state index contributed by atoms with van der Waals surface area (Å²) in [5.74, 6) is -0.525. The van der Waals surface area contributed by atoms with Gasteiger partial charge in [0.1, 0.15) is 71.8 Å². The number of ether oxygens (including phenoxy) is 4. The van der Waals surface area contributed by atoms with E-state index < -0.39 is 74.6 Å². The summed E-state index contributed by atoms with van der Waals surface area (Å²) in [6.45, 7) is 2.24. The zero-order valence-corrected chi connectivity index (χ0v) is 25.9. The van der Waals surface area contributed by atoms with E-state index in [4.69, 9.17) is 18.9 Å². The van der Waals surface area contributed by atoms with Crippen LogP contribution in [0.4, 0.5) is 0 Å². The van der Waals surface area contributed by atoms with Gasteiger partial charge >= 0.3 is 0 Å². The highest BCUT2D eigenvalue weighted by Crippen LogP contribution is 2.48. The number of aliphatic hydroxyl groups excluding tert-OH is 8. The Hall–Kier alpha value is -3.80. The minimum absolute atomic E-state index is 0.0521. The van der Waals surface area contributed by atoms with Gasteiger partial charge in [0.15, 0.2) is 0 Å². The molecule has 0 saturated carbocycles. The van der Waals surface area contributed by atoms with E-state index in [2.05, 4.69) is 0 Å². The maximum absolute atomic E-state index is 11.7. The molecule has 14 heteroatoms. The topological polar surface area (TPSA) is 239 Å². The first-order chi connectivity index (χ1) is 22.8. The van der Waals surface area contributed by atoms with E-state index >= 15 is 0 Å². The molecule has 0 spiro atoms. The molecule has 10 atom stereocenters. The number of benzene rings is 4. The highest BCUT2D eigenvalue weighted by Gasteiger charge is 2.46. The number of aromatic hydroxyl groups is 2. The van der Waals surface area contributed by atoms with Crippen LogP contribution in [-0.2, 0) is 9.47 Å². The quantitative estimate of drug-likeness (QED) is 0.125. The number of rotatable bonds is 7. The van der Waals surface area contributed by atoms with Crippen LogP contribution in [0.25, 0.3) is 32.7 Å². The van der Waals surface area contributed by atoms with Gasteiger partial charge in [-0.05, 0) is 60.0 Å². The molecule has 4 aromatic carbocycles. The van der Waals surface area contributed by atoms with Crippen molar-refractivity contribution in [1.29, 1.82) is 0 Å². The lowest BCUT2D eigenvalue weighted by molar-refractivity contribution is -0.277. The van der Waals surface area contributed by atoms with Gasteiger partial charge in [-0.25, -0.2) is 0 Å². The van der Waals surface area contributed by atoms with Crippen LogP contribution in [0.3, 0.4) is 0 Å². The molecule has 4 aromatic rings. The molecule has 0 aliphatic carbocycles. The SMILES string of the molecule is Cc1cc(O[C@@H]2O[C@H](CO)[C@@H](O)[C@H](O)[C@H]2O)c2c(O)c(-c3ccc4cc(C)cc(O[C@@H]5O[C@H](CO)[C@@H](O)[C@H](O)[C@H]5O)c4c3O)ccc2c1. The smallest absolute Gasteiger partial charge is 0.229 e. The maximum Gasteiger partial charge on any atom is 0.229 e. The summed E-state index contributed by atoms with van der Waals surface area (Å²) in [6, 6.07) is 13.2. The van der Waals surface area contributed by atoms with Crippen molar-refractivity contribution in [3.05, 3.63) is 59.7 Å². The molecular formula is C34H38O14. The van der Waals surface area contributed by atoms with Crippen LogP contribution in [0.2, 0.25) is 0 Å². The number of aliphatic hydroxyl groups is 8. The van der Waals surface area contributed by atoms with Gasteiger partial charge in [0.25, 0.3) is 0 Å². The number of hydrogen-bond acceptors (Lipinski definition) is 14. The van der Waals surface area contributed by atoms with Gasteiger partial charge in [-0.3, -0.25) is 0 Å². The minimum atomic E-state index is -1.70. The Morgan fingerprint density at radius 1 is 0.542 bits per heavy atom. The molecule has 0 aromatic heterocycles. The van der Waals surface area contributed by atoms with Gasteiger partial charge in [-0.15, -0.1) is 0 Å². The predicted molar refractivity (Wildman–Crippen MR) is 168 cm³/mol. The van der Waals surface area contributed by atoms with Crippen LogP contribution in [0, 0.1) is 13.8 Å². The Balaban J connectivity index is 1.43. The first-order valence-corrected chi connectivity index (χ1v) is 15.3. The first kappa shape index (κ1) is 34.1. The lowest BCUT2D eigenvalue weighted by Gasteiger charge is -2.39. The third kappa shape index (κ3) is 5.90. The van der Waals surface area contributed by atoms with E-state index in [0.29, 0.717) is 21.9 Å². The fourth-order valence-corrected chi connectivity index (χ4v) is 6.30. The summed E-state index contributed by atoms with van der Waals surface area (Å²) >= 11 is 0. The lowest BCUT2D eigenvalue weighted by Crippen LogP contribution is -2.60. The van der Waals surface area contributed by atoms with Crippen LogP contribution < -0.4 is 9.47 Å². The van der Waals surface area contributed by atoms with Gasteiger partial charge in [-0.2, -0.15) is 0 Å². The highest BCUT2D eigenvalue weighted by molar-refractivity contribution is 6.04. The average Bonchev–Trinajstić information content (AvgIpc) is 3.05. The molecule has 2 aliphatic rings. The van der Waals surface area contributed by atoms with Gasteiger partial charge in [0, 0.05) is 11.1 Å².